The Kier molecular flexibility index (Phi) is 5.12. The van der Waals surface area contributed by atoms with Crippen molar-refractivity contribution in [2.24, 2.45) is 5.92 Å². The van der Waals surface area contributed by atoms with Crippen LogP contribution in [-0.4, -0.2) is 43.4 Å². The Balaban J connectivity index is 2.24. The first-order chi connectivity index (χ1) is 6.74. The summed E-state index contributed by atoms with van der Waals surface area (Å²) in [6.07, 6.45) is 2.14. The van der Waals surface area contributed by atoms with Gasteiger partial charge in [-0.2, -0.15) is 0 Å². The zero-order chi connectivity index (χ0) is 10.4. The van der Waals surface area contributed by atoms with E-state index < -0.39 is 0 Å². The molecule has 0 aromatic rings. The number of ketones is 1. The Morgan fingerprint density at radius 3 is 2.64 bits per heavy atom. The van der Waals surface area contributed by atoms with Gasteiger partial charge in [-0.1, -0.05) is 20.3 Å². The van der Waals surface area contributed by atoms with Crippen molar-refractivity contribution < 1.29 is 4.79 Å². The highest BCUT2D eigenvalue weighted by Crippen LogP contribution is 2.07. The number of rotatable bonds is 5. The maximum atomic E-state index is 11.7. The third kappa shape index (κ3) is 3.76. The summed E-state index contributed by atoms with van der Waals surface area (Å²) in [7, 11) is 0. The predicted octanol–water partition coefficient (Wildman–Crippen LogP) is 0.897. The Morgan fingerprint density at radius 1 is 1.43 bits per heavy atom. The fourth-order valence-corrected chi connectivity index (χ4v) is 1.84. The molecule has 1 atom stereocenters. The Morgan fingerprint density at radius 2 is 2.07 bits per heavy atom. The number of hydrogen-bond acceptors (Lipinski definition) is 3. The summed E-state index contributed by atoms with van der Waals surface area (Å²) in [5.41, 5.74) is 0. The van der Waals surface area contributed by atoms with Crippen LogP contribution in [0.15, 0.2) is 0 Å². The monoisotopic (exact) mass is 198 g/mol. The predicted molar refractivity (Wildman–Crippen MR) is 58.4 cm³/mol. The fraction of sp³-hybridized carbons (Fsp3) is 0.909. The fourth-order valence-electron chi connectivity index (χ4n) is 1.84. The van der Waals surface area contributed by atoms with Crippen molar-refractivity contribution in [1.82, 2.24) is 10.2 Å². The molecule has 0 radical (unpaired) electrons. The van der Waals surface area contributed by atoms with E-state index in [1.165, 1.54) is 0 Å². The second-order valence-electron chi connectivity index (χ2n) is 4.18. The van der Waals surface area contributed by atoms with Gasteiger partial charge < -0.3 is 5.32 Å². The van der Waals surface area contributed by atoms with Gasteiger partial charge in [0.15, 0.2) is 0 Å². The Hall–Kier alpha value is -0.410. The summed E-state index contributed by atoms with van der Waals surface area (Å²) >= 11 is 0. The topological polar surface area (TPSA) is 32.3 Å². The minimum atomic E-state index is 0.245. The molecule has 1 saturated heterocycles. The van der Waals surface area contributed by atoms with Crippen LogP contribution in [0.1, 0.15) is 26.7 Å². The smallest absolute Gasteiger partial charge is 0.149 e. The highest BCUT2D eigenvalue weighted by atomic mass is 16.1. The van der Waals surface area contributed by atoms with Gasteiger partial charge in [-0.15, -0.1) is 0 Å². The van der Waals surface area contributed by atoms with E-state index in [4.69, 9.17) is 0 Å². The molecule has 1 fully saturated rings. The van der Waals surface area contributed by atoms with Gasteiger partial charge in [0, 0.05) is 32.1 Å². The lowest BCUT2D eigenvalue weighted by Gasteiger charge is -2.27. The molecular weight excluding hydrogens is 176 g/mol. The molecule has 0 bridgehead atoms. The first kappa shape index (κ1) is 11.7. The van der Waals surface area contributed by atoms with Gasteiger partial charge in [-0.05, 0) is 6.42 Å². The summed E-state index contributed by atoms with van der Waals surface area (Å²) in [5, 5.41) is 3.29. The van der Waals surface area contributed by atoms with E-state index >= 15 is 0 Å². The van der Waals surface area contributed by atoms with Gasteiger partial charge in [-0.25, -0.2) is 0 Å². The van der Waals surface area contributed by atoms with Crippen LogP contribution in [0.2, 0.25) is 0 Å². The molecule has 82 valence electrons. The first-order valence-electron chi connectivity index (χ1n) is 5.69. The van der Waals surface area contributed by atoms with Gasteiger partial charge in [0.2, 0.25) is 0 Å². The van der Waals surface area contributed by atoms with E-state index in [1.807, 2.05) is 6.92 Å². The molecule has 1 N–H and O–H groups in total. The Bertz CT molecular complexity index is 176. The normalized spacial score (nSPS) is 20.7. The second kappa shape index (κ2) is 6.14. The molecule has 0 spiro atoms. The van der Waals surface area contributed by atoms with Crippen LogP contribution >= 0.6 is 0 Å². The zero-order valence-corrected chi connectivity index (χ0v) is 9.38. The molecule has 1 aliphatic heterocycles. The highest BCUT2D eigenvalue weighted by Gasteiger charge is 2.17. The van der Waals surface area contributed by atoms with Crippen LogP contribution in [-0.2, 0) is 4.79 Å². The van der Waals surface area contributed by atoms with Crippen molar-refractivity contribution in [1.29, 1.82) is 0 Å². The molecule has 14 heavy (non-hydrogen) atoms. The maximum Gasteiger partial charge on any atom is 0.149 e. The van der Waals surface area contributed by atoms with Crippen LogP contribution in [0.3, 0.4) is 0 Å². The van der Waals surface area contributed by atoms with Crippen LogP contribution in [0, 0.1) is 5.92 Å². The molecule has 1 heterocycles. The SMILES string of the molecule is CCCC(C)C(=O)CN1CCNCC1. The lowest BCUT2D eigenvalue weighted by atomic mass is 10.0. The Labute approximate surface area is 86.9 Å². The van der Waals surface area contributed by atoms with E-state index in [9.17, 15) is 4.79 Å². The summed E-state index contributed by atoms with van der Waals surface area (Å²) < 4.78 is 0. The van der Waals surface area contributed by atoms with Gasteiger partial charge in [0.1, 0.15) is 5.78 Å². The minimum Gasteiger partial charge on any atom is -0.314 e. The third-order valence-electron chi connectivity index (χ3n) is 2.86. The summed E-state index contributed by atoms with van der Waals surface area (Å²) in [6, 6.07) is 0. The molecule has 0 aromatic heterocycles. The van der Waals surface area contributed by atoms with E-state index in [0.717, 1.165) is 39.0 Å². The maximum absolute atomic E-state index is 11.7. The molecule has 1 aliphatic rings. The van der Waals surface area contributed by atoms with Crippen molar-refractivity contribution >= 4 is 5.78 Å². The zero-order valence-electron chi connectivity index (χ0n) is 9.38. The molecule has 1 rings (SSSR count). The largest absolute Gasteiger partial charge is 0.314 e. The average Bonchev–Trinajstić information content (AvgIpc) is 2.19. The first-order valence-corrected chi connectivity index (χ1v) is 5.69. The molecular formula is C11H22N2O. The lowest BCUT2D eigenvalue weighted by molar-refractivity contribution is -0.123. The third-order valence-corrected chi connectivity index (χ3v) is 2.86. The lowest BCUT2D eigenvalue weighted by Crippen LogP contribution is -2.46. The standard InChI is InChI=1S/C11H22N2O/c1-3-4-10(2)11(14)9-13-7-5-12-6-8-13/h10,12H,3-9H2,1-2H3. The van der Waals surface area contributed by atoms with E-state index in [2.05, 4.69) is 17.1 Å². The van der Waals surface area contributed by atoms with E-state index in [0.29, 0.717) is 12.3 Å². The van der Waals surface area contributed by atoms with Gasteiger partial charge >= 0.3 is 0 Å². The second-order valence-corrected chi connectivity index (χ2v) is 4.18. The van der Waals surface area contributed by atoms with Gasteiger partial charge in [0.05, 0.1) is 6.54 Å². The highest BCUT2D eigenvalue weighted by molar-refractivity contribution is 5.82. The number of carbonyl (C=O) groups is 1. The van der Waals surface area contributed by atoms with Crippen molar-refractivity contribution in [3.8, 4) is 0 Å². The molecule has 0 aromatic carbocycles. The molecule has 0 aliphatic carbocycles. The van der Waals surface area contributed by atoms with Crippen molar-refractivity contribution in [2.75, 3.05) is 32.7 Å². The van der Waals surface area contributed by atoms with Crippen LogP contribution in [0.25, 0.3) is 0 Å². The summed E-state index contributed by atoms with van der Waals surface area (Å²) in [6.45, 7) is 8.92. The van der Waals surface area contributed by atoms with E-state index in [1.54, 1.807) is 0 Å². The van der Waals surface area contributed by atoms with Crippen LogP contribution in [0.5, 0.6) is 0 Å². The quantitative estimate of drug-likeness (QED) is 0.712. The van der Waals surface area contributed by atoms with Crippen LogP contribution in [0.4, 0.5) is 0 Å². The van der Waals surface area contributed by atoms with Crippen LogP contribution < -0.4 is 5.32 Å². The van der Waals surface area contributed by atoms with Gasteiger partial charge in [0.25, 0.3) is 0 Å². The van der Waals surface area contributed by atoms with Crippen molar-refractivity contribution in [3.63, 3.8) is 0 Å². The van der Waals surface area contributed by atoms with E-state index in [-0.39, 0.29) is 5.92 Å². The number of piperazine rings is 1. The molecule has 0 amide bonds. The number of nitrogens with zero attached hydrogens (tertiary/aromatic N) is 1. The number of carbonyl (C=O) groups excluding carboxylic acids is 1. The van der Waals surface area contributed by atoms with Gasteiger partial charge in [-0.3, -0.25) is 9.69 Å². The molecule has 0 saturated carbocycles. The average molecular weight is 198 g/mol. The summed E-state index contributed by atoms with van der Waals surface area (Å²) in [5.74, 6) is 0.656. The number of Topliss-reactive ketones (excluding diaryl/α,β-unsaturated/α-hetero) is 1. The van der Waals surface area contributed by atoms with Crippen molar-refractivity contribution in [2.45, 2.75) is 26.7 Å². The molecule has 3 heteroatoms. The van der Waals surface area contributed by atoms with Crippen molar-refractivity contribution in [3.05, 3.63) is 0 Å². The summed E-state index contributed by atoms with van der Waals surface area (Å²) in [4.78, 5) is 14.0. The minimum absolute atomic E-state index is 0.245. The molecule has 3 nitrogen and oxygen atoms in total. The number of hydrogen-bond donors (Lipinski definition) is 1. The molecule has 1 unspecified atom stereocenters. The number of nitrogens with one attached hydrogen (secondary N) is 1.